The molecule has 0 aromatic heterocycles. The predicted molar refractivity (Wildman–Crippen MR) is 86.3 cm³/mol. The summed E-state index contributed by atoms with van der Waals surface area (Å²) in [6, 6.07) is 7.05. The zero-order valence-electron chi connectivity index (χ0n) is 13.9. The van der Waals surface area contributed by atoms with Gasteiger partial charge in [-0.2, -0.15) is 0 Å². The van der Waals surface area contributed by atoms with Crippen LogP contribution in [-0.4, -0.2) is 33.4 Å². The number of hydrogen-bond donors (Lipinski definition) is 1. The zero-order chi connectivity index (χ0) is 17.2. The summed E-state index contributed by atoms with van der Waals surface area (Å²) in [5.74, 6) is 0.425. The molecule has 1 rings (SSSR count). The summed E-state index contributed by atoms with van der Waals surface area (Å²) in [6.07, 6.45) is 2.19. The summed E-state index contributed by atoms with van der Waals surface area (Å²) < 4.78 is 14.5. The number of methoxy groups -OCH3 is 3. The first-order valence-corrected chi connectivity index (χ1v) is 7.23. The molecule has 1 unspecified atom stereocenters. The van der Waals surface area contributed by atoms with Gasteiger partial charge >= 0.3 is 12.1 Å². The van der Waals surface area contributed by atoms with Crippen molar-refractivity contribution in [2.24, 2.45) is 0 Å². The fourth-order valence-electron chi connectivity index (χ4n) is 2.10. The SMILES string of the molecule is COC(=O)CC/C=C(\C)C(NC(=O)OC)c1cccc(OC)c1. The molecule has 6 nitrogen and oxygen atoms in total. The lowest BCUT2D eigenvalue weighted by molar-refractivity contribution is -0.140. The van der Waals surface area contributed by atoms with E-state index in [1.165, 1.54) is 14.2 Å². The van der Waals surface area contributed by atoms with Crippen LogP contribution in [0.1, 0.15) is 31.4 Å². The molecule has 1 N–H and O–H groups in total. The molecule has 0 fully saturated rings. The van der Waals surface area contributed by atoms with Gasteiger partial charge in [0.15, 0.2) is 0 Å². The highest BCUT2D eigenvalue weighted by molar-refractivity contribution is 5.69. The highest BCUT2D eigenvalue weighted by atomic mass is 16.5. The van der Waals surface area contributed by atoms with E-state index < -0.39 is 6.09 Å². The predicted octanol–water partition coefficient (Wildman–Crippen LogP) is 2.99. The van der Waals surface area contributed by atoms with Crippen molar-refractivity contribution in [2.45, 2.75) is 25.8 Å². The van der Waals surface area contributed by atoms with Crippen molar-refractivity contribution in [3.05, 3.63) is 41.5 Å². The molecule has 0 saturated heterocycles. The van der Waals surface area contributed by atoms with Gasteiger partial charge in [-0.1, -0.05) is 23.8 Å². The van der Waals surface area contributed by atoms with Gasteiger partial charge in [0.1, 0.15) is 5.75 Å². The second-order valence-electron chi connectivity index (χ2n) is 4.91. The lowest BCUT2D eigenvalue weighted by Gasteiger charge is -2.20. The van der Waals surface area contributed by atoms with Gasteiger partial charge < -0.3 is 19.5 Å². The van der Waals surface area contributed by atoms with Gasteiger partial charge in [0.05, 0.1) is 27.4 Å². The summed E-state index contributed by atoms with van der Waals surface area (Å²) in [7, 11) is 4.26. The molecule has 0 heterocycles. The minimum atomic E-state index is -0.529. The molecule has 0 aliphatic heterocycles. The highest BCUT2D eigenvalue weighted by Gasteiger charge is 2.17. The first kappa shape index (κ1) is 18.5. The third kappa shape index (κ3) is 6.02. The van der Waals surface area contributed by atoms with Gasteiger partial charge in [-0.25, -0.2) is 4.79 Å². The van der Waals surface area contributed by atoms with Crippen LogP contribution in [0, 0.1) is 0 Å². The Bertz CT molecular complexity index is 568. The molecule has 0 bridgehead atoms. The van der Waals surface area contributed by atoms with E-state index in [4.69, 9.17) is 4.74 Å². The van der Waals surface area contributed by atoms with Crippen LogP contribution in [0.5, 0.6) is 5.75 Å². The normalized spacial score (nSPS) is 12.3. The number of carbonyl (C=O) groups excluding carboxylic acids is 2. The number of carbonyl (C=O) groups is 2. The monoisotopic (exact) mass is 321 g/mol. The Labute approximate surface area is 136 Å². The third-order valence-corrected chi connectivity index (χ3v) is 3.37. The Morgan fingerprint density at radius 2 is 1.96 bits per heavy atom. The van der Waals surface area contributed by atoms with E-state index in [9.17, 15) is 9.59 Å². The average molecular weight is 321 g/mol. The Morgan fingerprint density at radius 3 is 2.57 bits per heavy atom. The first-order chi connectivity index (χ1) is 11.0. The average Bonchev–Trinajstić information content (AvgIpc) is 2.58. The number of nitrogens with one attached hydrogen (secondary N) is 1. The molecule has 0 radical (unpaired) electrons. The van der Waals surface area contributed by atoms with Crippen LogP contribution in [0.2, 0.25) is 0 Å². The molecule has 23 heavy (non-hydrogen) atoms. The van der Waals surface area contributed by atoms with E-state index >= 15 is 0 Å². The van der Waals surface area contributed by atoms with Crippen molar-refractivity contribution < 1.29 is 23.8 Å². The van der Waals surface area contributed by atoms with E-state index in [0.29, 0.717) is 12.2 Å². The number of allylic oxidation sites excluding steroid dienone is 1. The molecule has 1 aromatic carbocycles. The molecule has 126 valence electrons. The lowest BCUT2D eigenvalue weighted by Crippen LogP contribution is -2.29. The quantitative estimate of drug-likeness (QED) is 0.617. The summed E-state index contributed by atoms with van der Waals surface area (Å²) in [5.41, 5.74) is 1.76. The maximum atomic E-state index is 11.6. The summed E-state index contributed by atoms with van der Waals surface area (Å²) in [5, 5.41) is 2.78. The number of esters is 1. The minimum absolute atomic E-state index is 0.270. The second kappa shape index (κ2) is 9.50. The summed E-state index contributed by atoms with van der Waals surface area (Å²) in [4.78, 5) is 22.8. The molecule has 0 aliphatic carbocycles. The van der Waals surface area contributed by atoms with Crippen LogP contribution in [0.25, 0.3) is 0 Å². The first-order valence-electron chi connectivity index (χ1n) is 7.23. The minimum Gasteiger partial charge on any atom is -0.497 e. The number of benzene rings is 1. The van der Waals surface area contributed by atoms with Crippen molar-refractivity contribution in [3.63, 3.8) is 0 Å². The van der Waals surface area contributed by atoms with Crippen LogP contribution < -0.4 is 10.1 Å². The summed E-state index contributed by atoms with van der Waals surface area (Å²) >= 11 is 0. The fraction of sp³-hybridized carbons (Fsp3) is 0.412. The Morgan fingerprint density at radius 1 is 1.22 bits per heavy atom. The number of alkyl carbamates (subject to hydrolysis) is 1. The number of hydrogen-bond acceptors (Lipinski definition) is 5. The van der Waals surface area contributed by atoms with Crippen LogP contribution in [-0.2, 0) is 14.3 Å². The van der Waals surface area contributed by atoms with Crippen molar-refractivity contribution in [1.82, 2.24) is 5.32 Å². The van der Waals surface area contributed by atoms with Gasteiger partial charge in [-0.15, -0.1) is 0 Å². The van der Waals surface area contributed by atoms with Crippen LogP contribution >= 0.6 is 0 Å². The zero-order valence-corrected chi connectivity index (χ0v) is 13.9. The van der Waals surface area contributed by atoms with Crippen molar-refractivity contribution in [2.75, 3.05) is 21.3 Å². The van der Waals surface area contributed by atoms with E-state index in [-0.39, 0.29) is 18.4 Å². The number of rotatable bonds is 7. The molecular formula is C17H23NO5. The van der Waals surface area contributed by atoms with Crippen LogP contribution in [0.4, 0.5) is 4.79 Å². The maximum Gasteiger partial charge on any atom is 0.407 e. The largest absolute Gasteiger partial charge is 0.497 e. The molecule has 6 heteroatoms. The van der Waals surface area contributed by atoms with Gasteiger partial charge in [0, 0.05) is 6.42 Å². The van der Waals surface area contributed by atoms with Gasteiger partial charge in [0.25, 0.3) is 0 Å². The third-order valence-electron chi connectivity index (χ3n) is 3.37. The molecule has 0 aliphatic rings. The molecule has 1 amide bonds. The van der Waals surface area contributed by atoms with E-state index in [0.717, 1.165) is 11.1 Å². The van der Waals surface area contributed by atoms with Gasteiger partial charge in [-0.3, -0.25) is 4.79 Å². The van der Waals surface area contributed by atoms with Crippen molar-refractivity contribution in [3.8, 4) is 5.75 Å². The molecular weight excluding hydrogens is 298 g/mol. The fourth-order valence-corrected chi connectivity index (χ4v) is 2.10. The standard InChI is InChI=1S/C17H23NO5/c1-12(7-5-10-15(19)22-3)16(18-17(20)23-4)13-8-6-9-14(11-13)21-2/h6-9,11,16H,5,10H2,1-4H3,(H,18,20)/b12-7+. The van der Waals surface area contributed by atoms with Crippen LogP contribution in [0.15, 0.2) is 35.9 Å². The Hall–Kier alpha value is -2.50. The number of ether oxygens (including phenoxy) is 3. The lowest BCUT2D eigenvalue weighted by atomic mass is 9.98. The smallest absolute Gasteiger partial charge is 0.407 e. The highest BCUT2D eigenvalue weighted by Crippen LogP contribution is 2.25. The van der Waals surface area contributed by atoms with E-state index in [1.807, 2.05) is 37.3 Å². The van der Waals surface area contributed by atoms with Crippen molar-refractivity contribution in [1.29, 1.82) is 0 Å². The molecule has 1 aromatic rings. The second-order valence-corrected chi connectivity index (χ2v) is 4.91. The van der Waals surface area contributed by atoms with Gasteiger partial charge in [-0.05, 0) is 31.0 Å². The van der Waals surface area contributed by atoms with E-state index in [1.54, 1.807) is 7.11 Å². The van der Waals surface area contributed by atoms with Gasteiger partial charge in [0.2, 0.25) is 0 Å². The molecule has 1 atom stereocenters. The Kier molecular flexibility index (Phi) is 7.66. The molecule has 0 spiro atoms. The summed E-state index contributed by atoms with van der Waals surface area (Å²) in [6.45, 7) is 1.89. The topological polar surface area (TPSA) is 73.9 Å². The Balaban J connectivity index is 2.96. The molecule has 0 saturated carbocycles. The van der Waals surface area contributed by atoms with Crippen LogP contribution in [0.3, 0.4) is 0 Å². The maximum absolute atomic E-state index is 11.6. The number of amides is 1. The van der Waals surface area contributed by atoms with E-state index in [2.05, 4.69) is 14.8 Å². The van der Waals surface area contributed by atoms with Crippen molar-refractivity contribution >= 4 is 12.1 Å².